The number of piperidine rings is 1. The Bertz CT molecular complexity index is 789. The molecule has 1 aromatic heterocycles. The number of aryl methyl sites for hydroxylation is 1. The monoisotopic (exact) mass is 367 g/mol. The molecular weight excluding hydrogens is 338 g/mol. The number of carbonyl (C=O) groups excluding carboxylic acids is 1. The number of amides is 1. The molecule has 3 rings (SSSR count). The van der Waals surface area contributed by atoms with E-state index in [0.29, 0.717) is 0 Å². The van der Waals surface area contributed by atoms with E-state index in [2.05, 4.69) is 25.5 Å². The van der Waals surface area contributed by atoms with E-state index in [1.807, 2.05) is 58.0 Å². The van der Waals surface area contributed by atoms with Gasteiger partial charge in [0, 0.05) is 41.6 Å². The summed E-state index contributed by atoms with van der Waals surface area (Å²) >= 11 is 0. The van der Waals surface area contributed by atoms with Gasteiger partial charge >= 0.3 is 0 Å². The Morgan fingerprint density at radius 2 is 1.63 bits per heavy atom. The predicted molar refractivity (Wildman–Crippen MR) is 111 cm³/mol. The molecule has 0 aliphatic carbocycles. The average Bonchev–Trinajstić information content (AvgIpc) is 2.63. The van der Waals surface area contributed by atoms with Crippen LogP contribution >= 0.6 is 0 Å². The molecule has 1 amide bonds. The minimum Gasteiger partial charge on any atom is -0.341 e. The lowest BCUT2D eigenvalue weighted by atomic mass is 9.95. The second-order valence-corrected chi connectivity index (χ2v) is 8.15. The van der Waals surface area contributed by atoms with Crippen molar-refractivity contribution in [2.24, 2.45) is 5.41 Å². The third-order valence-corrected chi connectivity index (χ3v) is 4.58. The van der Waals surface area contributed by atoms with Gasteiger partial charge in [-0.05, 0) is 50.5 Å². The normalized spacial score (nSPS) is 14.7. The molecule has 6 heteroatoms. The Morgan fingerprint density at radius 3 is 2.26 bits per heavy atom. The van der Waals surface area contributed by atoms with E-state index >= 15 is 0 Å². The van der Waals surface area contributed by atoms with Crippen molar-refractivity contribution >= 4 is 29.0 Å². The molecule has 27 heavy (non-hydrogen) atoms. The summed E-state index contributed by atoms with van der Waals surface area (Å²) in [6.07, 6.45) is 3.68. The van der Waals surface area contributed by atoms with Crippen molar-refractivity contribution in [3.8, 4) is 0 Å². The summed E-state index contributed by atoms with van der Waals surface area (Å²) in [5.41, 5.74) is 2.24. The SMILES string of the molecule is Cc1cc(Nc2ccc(NC(=O)C(C)(C)C)cc2)nc(N2CCCCC2)n1. The molecule has 1 aliphatic rings. The number of hydrogen-bond donors (Lipinski definition) is 2. The molecule has 0 saturated carbocycles. The van der Waals surface area contributed by atoms with Crippen molar-refractivity contribution in [2.75, 3.05) is 28.6 Å². The number of carbonyl (C=O) groups is 1. The highest BCUT2D eigenvalue weighted by Gasteiger charge is 2.21. The van der Waals surface area contributed by atoms with Crippen molar-refractivity contribution < 1.29 is 4.79 Å². The van der Waals surface area contributed by atoms with Crippen LogP contribution in [-0.2, 0) is 4.79 Å². The molecule has 2 N–H and O–H groups in total. The zero-order chi connectivity index (χ0) is 19.4. The lowest BCUT2D eigenvalue weighted by Crippen LogP contribution is -2.31. The molecule has 1 aromatic carbocycles. The molecule has 1 fully saturated rings. The molecule has 0 atom stereocenters. The van der Waals surface area contributed by atoms with Crippen molar-refractivity contribution in [3.63, 3.8) is 0 Å². The van der Waals surface area contributed by atoms with Gasteiger partial charge in [-0.25, -0.2) is 4.98 Å². The van der Waals surface area contributed by atoms with E-state index < -0.39 is 5.41 Å². The van der Waals surface area contributed by atoms with Gasteiger partial charge in [0.15, 0.2) is 0 Å². The van der Waals surface area contributed by atoms with Gasteiger partial charge in [0.2, 0.25) is 11.9 Å². The minimum absolute atomic E-state index is 0.000748. The first-order valence-corrected chi connectivity index (χ1v) is 9.60. The molecular formula is C21H29N5O. The van der Waals surface area contributed by atoms with Gasteiger partial charge in [-0.2, -0.15) is 4.98 Å². The molecule has 0 bridgehead atoms. The Hall–Kier alpha value is -2.63. The minimum atomic E-state index is -0.416. The van der Waals surface area contributed by atoms with Crippen molar-refractivity contribution in [1.82, 2.24) is 9.97 Å². The van der Waals surface area contributed by atoms with Crippen LogP contribution in [0.15, 0.2) is 30.3 Å². The highest BCUT2D eigenvalue weighted by atomic mass is 16.2. The Labute approximate surface area is 161 Å². The number of rotatable bonds is 4. The largest absolute Gasteiger partial charge is 0.341 e. The van der Waals surface area contributed by atoms with Crippen LogP contribution in [0.25, 0.3) is 0 Å². The van der Waals surface area contributed by atoms with Crippen molar-refractivity contribution in [2.45, 2.75) is 47.0 Å². The van der Waals surface area contributed by atoms with Gasteiger partial charge in [0.1, 0.15) is 5.82 Å². The van der Waals surface area contributed by atoms with Gasteiger partial charge in [0.05, 0.1) is 0 Å². The van der Waals surface area contributed by atoms with E-state index in [1.54, 1.807) is 0 Å². The molecule has 1 saturated heterocycles. The first kappa shape index (κ1) is 19.1. The van der Waals surface area contributed by atoms with E-state index in [4.69, 9.17) is 0 Å². The third kappa shape index (κ3) is 5.18. The summed E-state index contributed by atoms with van der Waals surface area (Å²) in [5.74, 6) is 1.58. The highest BCUT2D eigenvalue weighted by Crippen LogP contribution is 2.23. The summed E-state index contributed by atoms with van der Waals surface area (Å²) < 4.78 is 0. The van der Waals surface area contributed by atoms with Crippen LogP contribution in [-0.4, -0.2) is 29.0 Å². The van der Waals surface area contributed by atoms with Crippen molar-refractivity contribution in [3.05, 3.63) is 36.0 Å². The van der Waals surface area contributed by atoms with Crippen LogP contribution in [0, 0.1) is 12.3 Å². The lowest BCUT2D eigenvalue weighted by molar-refractivity contribution is -0.123. The predicted octanol–water partition coefficient (Wildman–Crippen LogP) is 4.50. The van der Waals surface area contributed by atoms with Gasteiger partial charge in [-0.15, -0.1) is 0 Å². The molecule has 2 aromatic rings. The van der Waals surface area contributed by atoms with Crippen LogP contribution in [0.1, 0.15) is 45.7 Å². The smallest absolute Gasteiger partial charge is 0.229 e. The second-order valence-electron chi connectivity index (χ2n) is 8.15. The number of aromatic nitrogens is 2. The summed E-state index contributed by atoms with van der Waals surface area (Å²) in [6.45, 7) is 9.72. The van der Waals surface area contributed by atoms with Crippen LogP contribution in [0.4, 0.5) is 23.1 Å². The molecule has 0 unspecified atom stereocenters. The van der Waals surface area contributed by atoms with Gasteiger partial charge < -0.3 is 15.5 Å². The van der Waals surface area contributed by atoms with E-state index in [-0.39, 0.29) is 5.91 Å². The topological polar surface area (TPSA) is 70.2 Å². The van der Waals surface area contributed by atoms with Gasteiger partial charge in [0.25, 0.3) is 0 Å². The standard InChI is InChI=1S/C21H29N5O/c1-15-14-18(25-20(22-15)26-12-6-5-7-13-26)23-16-8-10-17(11-9-16)24-19(27)21(2,3)4/h8-11,14H,5-7,12-13H2,1-4H3,(H,24,27)(H,22,23,25). The van der Waals surface area contributed by atoms with Crippen LogP contribution in [0.3, 0.4) is 0 Å². The quantitative estimate of drug-likeness (QED) is 0.832. The molecule has 0 spiro atoms. The summed E-state index contributed by atoms with van der Waals surface area (Å²) in [6, 6.07) is 9.62. The van der Waals surface area contributed by atoms with Crippen molar-refractivity contribution in [1.29, 1.82) is 0 Å². The Kier molecular flexibility index (Phi) is 5.63. The Morgan fingerprint density at radius 1 is 1.00 bits per heavy atom. The number of nitrogens with one attached hydrogen (secondary N) is 2. The molecule has 2 heterocycles. The summed E-state index contributed by atoms with van der Waals surface area (Å²) in [4.78, 5) is 23.6. The zero-order valence-electron chi connectivity index (χ0n) is 16.7. The molecule has 0 radical (unpaired) electrons. The van der Waals surface area contributed by atoms with E-state index in [9.17, 15) is 4.79 Å². The first-order chi connectivity index (χ1) is 12.8. The highest BCUT2D eigenvalue weighted by molar-refractivity contribution is 5.94. The Balaban J connectivity index is 1.70. The van der Waals surface area contributed by atoms with Gasteiger partial charge in [-0.1, -0.05) is 20.8 Å². The fraction of sp³-hybridized carbons (Fsp3) is 0.476. The summed E-state index contributed by atoms with van der Waals surface area (Å²) in [7, 11) is 0. The van der Waals surface area contributed by atoms with E-state index in [1.165, 1.54) is 19.3 Å². The average molecular weight is 367 g/mol. The van der Waals surface area contributed by atoms with Crippen LogP contribution < -0.4 is 15.5 Å². The number of nitrogens with zero attached hydrogens (tertiary/aromatic N) is 3. The number of hydrogen-bond acceptors (Lipinski definition) is 5. The van der Waals surface area contributed by atoms with Gasteiger partial charge in [-0.3, -0.25) is 4.79 Å². The second kappa shape index (κ2) is 7.94. The fourth-order valence-electron chi connectivity index (χ4n) is 2.96. The number of anilines is 4. The summed E-state index contributed by atoms with van der Waals surface area (Å²) in [5, 5.41) is 6.28. The molecule has 1 aliphatic heterocycles. The third-order valence-electron chi connectivity index (χ3n) is 4.58. The fourth-order valence-corrected chi connectivity index (χ4v) is 2.96. The molecule has 6 nitrogen and oxygen atoms in total. The maximum atomic E-state index is 12.1. The number of benzene rings is 1. The maximum absolute atomic E-state index is 12.1. The maximum Gasteiger partial charge on any atom is 0.229 e. The van der Waals surface area contributed by atoms with Crippen LogP contribution in [0.5, 0.6) is 0 Å². The zero-order valence-corrected chi connectivity index (χ0v) is 16.7. The lowest BCUT2D eigenvalue weighted by Gasteiger charge is -2.27. The first-order valence-electron chi connectivity index (χ1n) is 9.60. The van der Waals surface area contributed by atoms with E-state index in [0.717, 1.165) is 41.9 Å². The molecule has 144 valence electrons. The van der Waals surface area contributed by atoms with Crippen LogP contribution in [0.2, 0.25) is 0 Å².